The Morgan fingerprint density at radius 3 is 2.64 bits per heavy atom. The number of carbonyl (C=O) groups excluding carboxylic acids is 2. The Labute approximate surface area is 128 Å². The van der Waals surface area contributed by atoms with E-state index in [4.69, 9.17) is 0 Å². The summed E-state index contributed by atoms with van der Waals surface area (Å²) in [5.41, 5.74) is 0.958. The van der Waals surface area contributed by atoms with E-state index < -0.39 is 0 Å². The molecule has 0 aliphatic rings. The fourth-order valence-corrected chi connectivity index (χ4v) is 1.77. The molecule has 0 saturated carbocycles. The molecule has 0 unspecified atom stereocenters. The van der Waals surface area contributed by atoms with Gasteiger partial charge in [0.25, 0.3) is 5.91 Å². The van der Waals surface area contributed by atoms with Crippen molar-refractivity contribution in [3.63, 3.8) is 0 Å². The van der Waals surface area contributed by atoms with Gasteiger partial charge < -0.3 is 10.6 Å². The minimum atomic E-state index is -0.206. The SMILES string of the molecule is CC(=O)Nc1ccc(-n2cnc(C(=O)NCC(C)C)c2)nc1. The lowest BCUT2D eigenvalue weighted by Gasteiger charge is -2.05. The zero-order chi connectivity index (χ0) is 16.1. The summed E-state index contributed by atoms with van der Waals surface area (Å²) in [4.78, 5) is 31.2. The number of amides is 2. The fourth-order valence-electron chi connectivity index (χ4n) is 1.77. The average Bonchev–Trinajstić information content (AvgIpc) is 2.94. The molecule has 2 N–H and O–H groups in total. The molecule has 7 heteroatoms. The van der Waals surface area contributed by atoms with Crippen molar-refractivity contribution in [3.05, 3.63) is 36.5 Å². The van der Waals surface area contributed by atoms with Crippen molar-refractivity contribution in [2.24, 2.45) is 5.92 Å². The first-order valence-corrected chi connectivity index (χ1v) is 7.02. The van der Waals surface area contributed by atoms with Crippen LogP contribution in [0.5, 0.6) is 0 Å². The Morgan fingerprint density at radius 2 is 2.05 bits per heavy atom. The number of rotatable bonds is 5. The number of nitrogens with one attached hydrogen (secondary N) is 2. The molecule has 116 valence electrons. The van der Waals surface area contributed by atoms with E-state index in [0.29, 0.717) is 29.7 Å². The third kappa shape index (κ3) is 4.15. The summed E-state index contributed by atoms with van der Waals surface area (Å²) in [5, 5.41) is 5.45. The highest BCUT2D eigenvalue weighted by Crippen LogP contribution is 2.10. The Morgan fingerprint density at radius 1 is 1.27 bits per heavy atom. The quantitative estimate of drug-likeness (QED) is 0.878. The Kier molecular flexibility index (Phi) is 4.88. The van der Waals surface area contributed by atoms with Gasteiger partial charge in [-0.3, -0.25) is 14.2 Å². The predicted octanol–water partition coefficient (Wildman–Crippen LogP) is 1.61. The Hall–Kier alpha value is -2.70. The van der Waals surface area contributed by atoms with Crippen molar-refractivity contribution < 1.29 is 9.59 Å². The van der Waals surface area contributed by atoms with Crippen molar-refractivity contribution in [2.75, 3.05) is 11.9 Å². The van der Waals surface area contributed by atoms with Gasteiger partial charge in [-0.15, -0.1) is 0 Å². The van der Waals surface area contributed by atoms with Crippen LogP contribution in [0.1, 0.15) is 31.3 Å². The minimum absolute atomic E-state index is 0.152. The second-order valence-corrected chi connectivity index (χ2v) is 5.36. The van der Waals surface area contributed by atoms with E-state index in [9.17, 15) is 9.59 Å². The molecule has 2 aromatic rings. The number of hydrogen-bond acceptors (Lipinski definition) is 4. The van der Waals surface area contributed by atoms with Crippen molar-refractivity contribution >= 4 is 17.5 Å². The Bertz CT molecular complexity index is 661. The van der Waals surface area contributed by atoms with Crippen molar-refractivity contribution in [1.29, 1.82) is 0 Å². The molecule has 0 aromatic carbocycles. The van der Waals surface area contributed by atoms with Crippen LogP contribution in [0.4, 0.5) is 5.69 Å². The molecule has 0 aliphatic heterocycles. The van der Waals surface area contributed by atoms with E-state index in [2.05, 4.69) is 20.6 Å². The molecule has 2 rings (SSSR count). The minimum Gasteiger partial charge on any atom is -0.350 e. The number of pyridine rings is 1. The molecule has 0 saturated heterocycles. The zero-order valence-electron chi connectivity index (χ0n) is 12.8. The summed E-state index contributed by atoms with van der Waals surface area (Å²) >= 11 is 0. The highest BCUT2D eigenvalue weighted by atomic mass is 16.2. The smallest absolute Gasteiger partial charge is 0.271 e. The lowest BCUT2D eigenvalue weighted by molar-refractivity contribution is -0.114. The number of anilines is 1. The number of aromatic nitrogens is 3. The maximum atomic E-state index is 11.9. The third-order valence-corrected chi connectivity index (χ3v) is 2.82. The molecule has 2 aromatic heterocycles. The number of imidazole rings is 1. The monoisotopic (exact) mass is 301 g/mol. The summed E-state index contributed by atoms with van der Waals surface area (Å²) < 4.78 is 1.65. The average molecular weight is 301 g/mol. The second-order valence-electron chi connectivity index (χ2n) is 5.36. The number of nitrogens with zero attached hydrogens (tertiary/aromatic N) is 3. The fraction of sp³-hybridized carbons (Fsp3) is 0.333. The highest BCUT2D eigenvalue weighted by Gasteiger charge is 2.10. The molecular formula is C15H19N5O2. The number of carbonyl (C=O) groups is 2. The summed E-state index contributed by atoms with van der Waals surface area (Å²) in [6.07, 6.45) is 4.70. The van der Waals surface area contributed by atoms with Crippen molar-refractivity contribution in [3.8, 4) is 5.82 Å². The maximum Gasteiger partial charge on any atom is 0.271 e. The highest BCUT2D eigenvalue weighted by molar-refractivity contribution is 5.92. The van der Waals surface area contributed by atoms with Gasteiger partial charge in [0.15, 0.2) is 0 Å². The summed E-state index contributed by atoms with van der Waals surface area (Å²) in [5.74, 6) is 0.641. The molecule has 0 aliphatic carbocycles. The van der Waals surface area contributed by atoms with Crippen LogP contribution in [0.25, 0.3) is 5.82 Å². The first-order valence-electron chi connectivity index (χ1n) is 7.02. The molecule has 2 heterocycles. The maximum absolute atomic E-state index is 11.9. The summed E-state index contributed by atoms with van der Waals surface area (Å²) in [6.45, 7) is 6.10. The van der Waals surface area contributed by atoms with Gasteiger partial charge in [-0.25, -0.2) is 9.97 Å². The van der Waals surface area contributed by atoms with Crippen molar-refractivity contribution in [2.45, 2.75) is 20.8 Å². The molecule has 7 nitrogen and oxygen atoms in total. The second kappa shape index (κ2) is 6.84. The lowest BCUT2D eigenvalue weighted by atomic mass is 10.2. The van der Waals surface area contributed by atoms with Crippen LogP contribution >= 0.6 is 0 Å². The van der Waals surface area contributed by atoms with E-state index in [1.165, 1.54) is 13.3 Å². The first kappa shape index (κ1) is 15.7. The van der Waals surface area contributed by atoms with Crippen molar-refractivity contribution in [1.82, 2.24) is 19.9 Å². The Balaban J connectivity index is 2.07. The lowest BCUT2D eigenvalue weighted by Crippen LogP contribution is -2.27. The summed E-state index contributed by atoms with van der Waals surface area (Å²) in [7, 11) is 0. The molecule has 0 atom stereocenters. The van der Waals surface area contributed by atoms with E-state index in [1.807, 2.05) is 13.8 Å². The van der Waals surface area contributed by atoms with Crippen LogP contribution in [0.3, 0.4) is 0 Å². The van der Waals surface area contributed by atoms with Crippen LogP contribution < -0.4 is 10.6 Å². The standard InChI is InChI=1S/C15H19N5O2/c1-10(2)6-17-15(22)13-8-20(9-18-13)14-5-4-12(7-16-14)19-11(3)21/h4-5,7-10H,6H2,1-3H3,(H,17,22)(H,19,21). The molecule has 0 spiro atoms. The van der Waals surface area contributed by atoms with E-state index in [0.717, 1.165) is 0 Å². The topological polar surface area (TPSA) is 88.9 Å². The van der Waals surface area contributed by atoms with Gasteiger partial charge in [-0.05, 0) is 18.1 Å². The molecule has 0 bridgehead atoms. The van der Waals surface area contributed by atoms with Gasteiger partial charge in [-0.1, -0.05) is 13.8 Å². The largest absolute Gasteiger partial charge is 0.350 e. The van der Waals surface area contributed by atoms with Gasteiger partial charge in [0.1, 0.15) is 17.8 Å². The van der Waals surface area contributed by atoms with Crippen LogP contribution in [-0.2, 0) is 4.79 Å². The van der Waals surface area contributed by atoms with Gasteiger partial charge in [0.05, 0.1) is 11.9 Å². The molecule has 0 fully saturated rings. The van der Waals surface area contributed by atoms with Crippen LogP contribution in [0.2, 0.25) is 0 Å². The van der Waals surface area contributed by atoms with E-state index in [1.54, 1.807) is 29.1 Å². The van der Waals surface area contributed by atoms with Gasteiger partial charge in [-0.2, -0.15) is 0 Å². The van der Waals surface area contributed by atoms with Crippen LogP contribution in [0, 0.1) is 5.92 Å². The van der Waals surface area contributed by atoms with E-state index >= 15 is 0 Å². The van der Waals surface area contributed by atoms with Crippen LogP contribution in [-0.4, -0.2) is 32.9 Å². The van der Waals surface area contributed by atoms with Gasteiger partial charge >= 0.3 is 0 Å². The molecular weight excluding hydrogens is 282 g/mol. The summed E-state index contributed by atoms with van der Waals surface area (Å²) in [6, 6.07) is 3.48. The number of hydrogen-bond donors (Lipinski definition) is 2. The predicted molar refractivity (Wildman–Crippen MR) is 82.8 cm³/mol. The zero-order valence-corrected chi connectivity index (χ0v) is 12.8. The first-order chi connectivity index (χ1) is 10.5. The van der Waals surface area contributed by atoms with Crippen LogP contribution in [0.15, 0.2) is 30.9 Å². The molecule has 2 amide bonds. The van der Waals surface area contributed by atoms with E-state index in [-0.39, 0.29) is 11.8 Å². The van der Waals surface area contributed by atoms with Gasteiger partial charge in [0, 0.05) is 19.7 Å². The molecule has 22 heavy (non-hydrogen) atoms. The van der Waals surface area contributed by atoms with Gasteiger partial charge in [0.2, 0.25) is 5.91 Å². The third-order valence-electron chi connectivity index (χ3n) is 2.82. The molecule has 0 radical (unpaired) electrons. The normalized spacial score (nSPS) is 10.5.